The van der Waals surface area contributed by atoms with Gasteiger partial charge in [-0.3, -0.25) is 4.79 Å². The van der Waals surface area contributed by atoms with Crippen LogP contribution >= 0.6 is 0 Å². The van der Waals surface area contributed by atoms with Gasteiger partial charge >= 0.3 is 0 Å². The zero-order chi connectivity index (χ0) is 18.5. The molecule has 1 fully saturated rings. The molecule has 0 N–H and O–H groups in total. The van der Waals surface area contributed by atoms with Crippen LogP contribution in [0.4, 0.5) is 0 Å². The van der Waals surface area contributed by atoms with Gasteiger partial charge < -0.3 is 0 Å². The van der Waals surface area contributed by atoms with Crippen molar-refractivity contribution in [3.8, 4) is 0 Å². The van der Waals surface area contributed by atoms with Crippen molar-refractivity contribution in [3.63, 3.8) is 0 Å². The molecule has 0 spiro atoms. The maximum Gasteiger partial charge on any atom is 0.158 e. The average molecular weight is 335 g/mol. The fourth-order valence-electron chi connectivity index (χ4n) is 2.43. The minimum absolute atomic E-state index is 0.301. The molecular weight excluding hydrogens is 304 g/mol. The molecule has 0 atom stereocenters. The SMILES string of the molecule is C/C=C/C(C)=C/C=C/C(C)=C\C=C/C=C(C)/C=C/C=C1\CCCC1=O. The van der Waals surface area contributed by atoms with Gasteiger partial charge in [0.2, 0.25) is 0 Å². The van der Waals surface area contributed by atoms with Crippen molar-refractivity contribution >= 4 is 5.78 Å². The lowest BCUT2D eigenvalue weighted by molar-refractivity contribution is -0.114. The van der Waals surface area contributed by atoms with Crippen LogP contribution in [0.2, 0.25) is 0 Å². The summed E-state index contributed by atoms with van der Waals surface area (Å²) in [5, 5.41) is 0. The highest BCUT2D eigenvalue weighted by atomic mass is 16.1. The molecule has 0 radical (unpaired) electrons. The van der Waals surface area contributed by atoms with Gasteiger partial charge in [-0.1, -0.05) is 89.6 Å². The predicted molar refractivity (Wildman–Crippen MR) is 110 cm³/mol. The largest absolute Gasteiger partial charge is 0.295 e. The third kappa shape index (κ3) is 9.46. The Morgan fingerprint density at radius 3 is 1.88 bits per heavy atom. The Balaban J connectivity index is 2.51. The standard InChI is InChI=1S/C24H30O/c1-5-11-20(2)14-8-15-21(3)12-6-7-13-22(4)16-9-17-23-18-10-19-24(23)25/h5-9,11-17H,10,18-19H2,1-4H3/b7-6-,11-5+,15-8+,16-9+,20-14+,21-12-,22-13+,23-17+. The average Bonchev–Trinajstić information content (AvgIpc) is 2.97. The van der Waals surface area contributed by atoms with Gasteiger partial charge in [0.15, 0.2) is 5.78 Å². The lowest BCUT2D eigenvalue weighted by Gasteiger charge is -1.91. The molecule has 25 heavy (non-hydrogen) atoms. The highest BCUT2D eigenvalue weighted by Gasteiger charge is 2.15. The molecule has 0 saturated heterocycles. The Hall–Kier alpha value is -2.41. The molecule has 0 aliphatic heterocycles. The van der Waals surface area contributed by atoms with Crippen molar-refractivity contribution < 1.29 is 4.79 Å². The van der Waals surface area contributed by atoms with Gasteiger partial charge in [-0.25, -0.2) is 0 Å². The lowest BCUT2D eigenvalue weighted by atomic mass is 10.1. The fraction of sp³-hybridized carbons (Fsp3) is 0.292. The van der Waals surface area contributed by atoms with Crippen LogP contribution in [-0.4, -0.2) is 5.78 Å². The lowest BCUT2D eigenvalue weighted by Crippen LogP contribution is -1.89. The number of carbonyl (C=O) groups is 1. The van der Waals surface area contributed by atoms with Gasteiger partial charge in [0.1, 0.15) is 0 Å². The van der Waals surface area contributed by atoms with Crippen LogP contribution in [0.25, 0.3) is 0 Å². The topological polar surface area (TPSA) is 17.1 Å². The summed E-state index contributed by atoms with van der Waals surface area (Å²) in [5.74, 6) is 0.301. The van der Waals surface area contributed by atoms with E-state index in [1.54, 1.807) is 0 Å². The van der Waals surface area contributed by atoms with Crippen LogP contribution < -0.4 is 0 Å². The first-order valence-electron chi connectivity index (χ1n) is 8.93. The van der Waals surface area contributed by atoms with E-state index in [1.165, 1.54) is 11.1 Å². The number of rotatable bonds is 7. The molecule has 0 bridgehead atoms. The van der Waals surface area contributed by atoms with E-state index in [0.717, 1.165) is 24.0 Å². The molecule has 0 aromatic rings. The molecule has 1 rings (SSSR count). The Morgan fingerprint density at radius 2 is 1.32 bits per heavy atom. The zero-order valence-electron chi connectivity index (χ0n) is 16.0. The zero-order valence-corrected chi connectivity index (χ0v) is 16.0. The Kier molecular flexibility index (Phi) is 9.92. The number of hydrogen-bond acceptors (Lipinski definition) is 1. The maximum atomic E-state index is 11.5. The Labute approximate surface area is 153 Å². The normalized spacial score (nSPS) is 19.8. The van der Waals surface area contributed by atoms with E-state index >= 15 is 0 Å². The van der Waals surface area contributed by atoms with Crippen LogP contribution in [-0.2, 0) is 4.79 Å². The number of hydrogen-bond donors (Lipinski definition) is 0. The quantitative estimate of drug-likeness (QED) is 0.372. The van der Waals surface area contributed by atoms with Crippen molar-refractivity contribution in [3.05, 3.63) is 95.2 Å². The Morgan fingerprint density at radius 1 is 0.760 bits per heavy atom. The number of ketones is 1. The van der Waals surface area contributed by atoms with Crippen LogP contribution in [0, 0.1) is 0 Å². The van der Waals surface area contributed by atoms with Crippen LogP contribution in [0.3, 0.4) is 0 Å². The highest BCUT2D eigenvalue weighted by molar-refractivity contribution is 5.97. The van der Waals surface area contributed by atoms with Crippen molar-refractivity contribution in [1.29, 1.82) is 0 Å². The molecule has 132 valence electrons. The van der Waals surface area contributed by atoms with E-state index in [1.807, 2.05) is 43.4 Å². The first kappa shape index (κ1) is 20.6. The number of carbonyl (C=O) groups excluding carboxylic acids is 1. The molecule has 0 heterocycles. The van der Waals surface area contributed by atoms with Crippen LogP contribution in [0.15, 0.2) is 95.2 Å². The van der Waals surface area contributed by atoms with Crippen LogP contribution in [0.5, 0.6) is 0 Å². The summed E-state index contributed by atoms with van der Waals surface area (Å²) in [6.45, 7) is 8.25. The predicted octanol–water partition coefficient (Wildman–Crippen LogP) is 6.75. The van der Waals surface area contributed by atoms with E-state index in [-0.39, 0.29) is 0 Å². The first-order chi connectivity index (χ1) is 12.0. The second-order valence-electron chi connectivity index (χ2n) is 6.30. The summed E-state index contributed by atoms with van der Waals surface area (Å²) >= 11 is 0. The molecule has 0 aromatic carbocycles. The van der Waals surface area contributed by atoms with Gasteiger partial charge in [0.05, 0.1) is 0 Å². The second kappa shape index (κ2) is 12.0. The molecule has 1 saturated carbocycles. The van der Waals surface area contributed by atoms with Gasteiger partial charge in [-0.05, 0) is 46.1 Å². The van der Waals surface area contributed by atoms with Crippen molar-refractivity contribution in [2.45, 2.75) is 47.0 Å². The molecule has 0 unspecified atom stereocenters. The summed E-state index contributed by atoms with van der Waals surface area (Å²) in [6, 6.07) is 0. The molecule has 1 heteroatoms. The molecule has 0 aromatic heterocycles. The molecule has 1 aliphatic carbocycles. The summed E-state index contributed by atoms with van der Waals surface area (Å²) in [7, 11) is 0. The summed E-state index contributed by atoms with van der Waals surface area (Å²) in [6.07, 6.45) is 27.2. The minimum Gasteiger partial charge on any atom is -0.295 e. The summed E-state index contributed by atoms with van der Waals surface area (Å²) < 4.78 is 0. The van der Waals surface area contributed by atoms with Crippen molar-refractivity contribution in [2.75, 3.05) is 0 Å². The van der Waals surface area contributed by atoms with E-state index in [0.29, 0.717) is 12.2 Å². The monoisotopic (exact) mass is 334 g/mol. The number of Topliss-reactive ketones (excluding diaryl/α,β-unsaturated/α-hetero) is 1. The van der Waals surface area contributed by atoms with Gasteiger partial charge in [-0.15, -0.1) is 0 Å². The highest BCUT2D eigenvalue weighted by Crippen LogP contribution is 2.20. The third-order valence-electron chi connectivity index (χ3n) is 3.84. The molecule has 1 nitrogen and oxygen atoms in total. The fourth-order valence-corrected chi connectivity index (χ4v) is 2.43. The van der Waals surface area contributed by atoms with Gasteiger partial charge in [0, 0.05) is 6.42 Å². The second-order valence-corrected chi connectivity index (χ2v) is 6.30. The summed E-state index contributed by atoms with van der Waals surface area (Å²) in [5.41, 5.74) is 4.56. The summed E-state index contributed by atoms with van der Waals surface area (Å²) in [4.78, 5) is 11.5. The van der Waals surface area contributed by atoms with E-state index in [2.05, 4.69) is 57.2 Å². The van der Waals surface area contributed by atoms with Crippen molar-refractivity contribution in [2.24, 2.45) is 0 Å². The molecule has 0 amide bonds. The van der Waals surface area contributed by atoms with E-state index in [4.69, 9.17) is 0 Å². The van der Waals surface area contributed by atoms with Crippen molar-refractivity contribution in [1.82, 2.24) is 0 Å². The van der Waals surface area contributed by atoms with Crippen LogP contribution in [0.1, 0.15) is 47.0 Å². The van der Waals surface area contributed by atoms with Gasteiger partial charge in [-0.2, -0.15) is 0 Å². The number of allylic oxidation sites excluding steroid dienone is 16. The first-order valence-corrected chi connectivity index (χ1v) is 8.93. The molecular formula is C24H30O. The van der Waals surface area contributed by atoms with E-state index < -0.39 is 0 Å². The van der Waals surface area contributed by atoms with E-state index in [9.17, 15) is 4.79 Å². The maximum absolute atomic E-state index is 11.5. The Bertz CT molecular complexity index is 686. The minimum atomic E-state index is 0.301. The third-order valence-corrected chi connectivity index (χ3v) is 3.84. The van der Waals surface area contributed by atoms with Gasteiger partial charge in [0.25, 0.3) is 0 Å². The smallest absolute Gasteiger partial charge is 0.158 e. The molecule has 1 aliphatic rings.